The van der Waals surface area contributed by atoms with Crippen molar-refractivity contribution in [2.24, 2.45) is 11.8 Å². The van der Waals surface area contributed by atoms with Gasteiger partial charge in [-0.3, -0.25) is 4.90 Å². The number of rotatable bonds is 6. The van der Waals surface area contributed by atoms with Crippen LogP contribution in [0.2, 0.25) is 0 Å². The van der Waals surface area contributed by atoms with Gasteiger partial charge in [0, 0.05) is 18.3 Å². The number of anilines is 1. The van der Waals surface area contributed by atoms with Crippen LogP contribution in [0.15, 0.2) is 24.3 Å². The predicted molar refractivity (Wildman–Crippen MR) is 92.7 cm³/mol. The highest BCUT2D eigenvalue weighted by Gasteiger charge is 2.24. The van der Waals surface area contributed by atoms with Crippen molar-refractivity contribution >= 4 is 5.69 Å². The van der Waals surface area contributed by atoms with E-state index in [2.05, 4.69) is 62.2 Å². The minimum Gasteiger partial charge on any atom is -0.382 e. The molecule has 1 aliphatic rings. The Bertz CT molecular complexity index is 425. The highest BCUT2D eigenvalue weighted by molar-refractivity contribution is 5.46. The molecule has 0 spiro atoms. The van der Waals surface area contributed by atoms with Crippen molar-refractivity contribution in [3.8, 4) is 0 Å². The van der Waals surface area contributed by atoms with Gasteiger partial charge in [0.1, 0.15) is 0 Å². The largest absolute Gasteiger partial charge is 0.382 e. The monoisotopic (exact) mass is 288 g/mol. The molecule has 3 atom stereocenters. The second kappa shape index (κ2) is 7.84. The van der Waals surface area contributed by atoms with E-state index in [-0.39, 0.29) is 0 Å². The lowest BCUT2D eigenvalue weighted by atomic mass is 9.79. The molecule has 1 N–H and O–H groups in total. The Kier molecular flexibility index (Phi) is 6.10. The van der Waals surface area contributed by atoms with Gasteiger partial charge in [-0.05, 0) is 61.9 Å². The van der Waals surface area contributed by atoms with E-state index in [1.807, 2.05) is 0 Å². The average molecular weight is 288 g/mol. The summed E-state index contributed by atoms with van der Waals surface area (Å²) in [5, 5.41) is 3.76. The van der Waals surface area contributed by atoms with E-state index in [9.17, 15) is 0 Å². The summed E-state index contributed by atoms with van der Waals surface area (Å²) in [6, 6.07) is 9.64. The summed E-state index contributed by atoms with van der Waals surface area (Å²) in [5.74, 6) is 1.73. The molecular weight excluding hydrogens is 256 g/mol. The molecule has 1 aromatic carbocycles. The van der Waals surface area contributed by atoms with Crippen LogP contribution in [0.4, 0.5) is 5.69 Å². The van der Waals surface area contributed by atoms with E-state index in [0.29, 0.717) is 6.04 Å². The van der Waals surface area contributed by atoms with Crippen molar-refractivity contribution in [3.05, 3.63) is 29.8 Å². The summed E-state index contributed by atoms with van der Waals surface area (Å²) in [7, 11) is 0. The molecule has 3 unspecified atom stereocenters. The molecule has 2 nitrogen and oxygen atoms in total. The third-order valence-corrected chi connectivity index (χ3v) is 5.20. The van der Waals surface area contributed by atoms with Gasteiger partial charge in [0.15, 0.2) is 0 Å². The minimum absolute atomic E-state index is 0.653. The molecule has 0 heterocycles. The van der Waals surface area contributed by atoms with Gasteiger partial charge in [-0.2, -0.15) is 0 Å². The number of nitrogens with one attached hydrogen (secondary N) is 1. The van der Waals surface area contributed by atoms with Crippen LogP contribution in [0.5, 0.6) is 0 Å². The maximum absolute atomic E-state index is 3.76. The molecule has 0 bridgehead atoms. The van der Waals surface area contributed by atoms with E-state index < -0.39 is 0 Å². The van der Waals surface area contributed by atoms with Crippen LogP contribution < -0.4 is 5.32 Å². The summed E-state index contributed by atoms with van der Waals surface area (Å²) in [5.41, 5.74) is 2.72. The van der Waals surface area contributed by atoms with E-state index in [4.69, 9.17) is 0 Å². The minimum atomic E-state index is 0.653. The first-order valence-electron chi connectivity index (χ1n) is 8.70. The smallest absolute Gasteiger partial charge is 0.0345 e. The molecule has 0 aliphatic heterocycles. The summed E-state index contributed by atoms with van der Waals surface area (Å²) in [6.45, 7) is 12.5. The molecule has 1 saturated carbocycles. The number of hydrogen-bond acceptors (Lipinski definition) is 2. The van der Waals surface area contributed by atoms with Gasteiger partial charge < -0.3 is 5.32 Å². The van der Waals surface area contributed by atoms with Crippen molar-refractivity contribution in [2.45, 2.75) is 59.5 Å². The fourth-order valence-corrected chi connectivity index (χ4v) is 3.38. The fourth-order valence-electron chi connectivity index (χ4n) is 3.38. The van der Waals surface area contributed by atoms with Crippen LogP contribution in [0, 0.1) is 11.8 Å². The molecule has 118 valence electrons. The number of benzene rings is 1. The predicted octanol–water partition coefficient (Wildman–Crippen LogP) is 4.77. The zero-order valence-electron chi connectivity index (χ0n) is 14.2. The normalized spacial score (nSPS) is 26.0. The Morgan fingerprint density at radius 3 is 2.52 bits per heavy atom. The Labute approximate surface area is 130 Å². The van der Waals surface area contributed by atoms with Crippen molar-refractivity contribution in [1.82, 2.24) is 4.90 Å². The number of hydrogen-bond donors (Lipinski definition) is 1. The van der Waals surface area contributed by atoms with Gasteiger partial charge in [0.25, 0.3) is 0 Å². The molecule has 1 aliphatic carbocycles. The zero-order chi connectivity index (χ0) is 15.2. The van der Waals surface area contributed by atoms with Crippen molar-refractivity contribution < 1.29 is 0 Å². The van der Waals surface area contributed by atoms with Crippen LogP contribution in [0.1, 0.15) is 52.5 Å². The second-order valence-corrected chi connectivity index (χ2v) is 6.77. The Morgan fingerprint density at radius 1 is 1.10 bits per heavy atom. The first-order chi connectivity index (χ1) is 10.1. The molecule has 0 aromatic heterocycles. The molecule has 21 heavy (non-hydrogen) atoms. The third kappa shape index (κ3) is 4.74. The topological polar surface area (TPSA) is 15.3 Å². The maximum atomic E-state index is 3.76. The molecule has 1 fully saturated rings. The SMILES string of the molecule is CCN(CC)Cc1cccc(NC2CCC(C)C(C)C2)c1. The van der Waals surface area contributed by atoms with Crippen LogP contribution in [0.3, 0.4) is 0 Å². The summed E-state index contributed by atoms with van der Waals surface area (Å²) in [4.78, 5) is 2.46. The van der Waals surface area contributed by atoms with Crippen LogP contribution in [-0.2, 0) is 6.54 Å². The maximum Gasteiger partial charge on any atom is 0.0345 e. The van der Waals surface area contributed by atoms with E-state index in [1.54, 1.807) is 0 Å². The van der Waals surface area contributed by atoms with Crippen molar-refractivity contribution in [1.29, 1.82) is 0 Å². The summed E-state index contributed by atoms with van der Waals surface area (Å²) in [6.07, 6.45) is 3.98. The molecule has 0 amide bonds. The van der Waals surface area contributed by atoms with E-state index >= 15 is 0 Å². The van der Waals surface area contributed by atoms with Crippen LogP contribution in [0.25, 0.3) is 0 Å². The fraction of sp³-hybridized carbons (Fsp3) is 0.684. The van der Waals surface area contributed by atoms with Gasteiger partial charge in [-0.25, -0.2) is 0 Å². The van der Waals surface area contributed by atoms with E-state index in [1.165, 1.54) is 30.5 Å². The second-order valence-electron chi connectivity index (χ2n) is 6.77. The first kappa shape index (κ1) is 16.4. The molecule has 0 saturated heterocycles. The van der Waals surface area contributed by atoms with Crippen LogP contribution in [-0.4, -0.2) is 24.0 Å². The summed E-state index contributed by atoms with van der Waals surface area (Å²) >= 11 is 0. The molecule has 0 radical (unpaired) electrons. The molecular formula is C19H32N2. The van der Waals surface area contributed by atoms with Gasteiger partial charge >= 0.3 is 0 Å². The lowest BCUT2D eigenvalue weighted by molar-refractivity contribution is 0.261. The van der Waals surface area contributed by atoms with Crippen molar-refractivity contribution in [2.75, 3.05) is 18.4 Å². The molecule has 2 heteroatoms. The zero-order valence-corrected chi connectivity index (χ0v) is 14.2. The average Bonchev–Trinajstić information content (AvgIpc) is 2.49. The van der Waals surface area contributed by atoms with Crippen LogP contribution >= 0.6 is 0 Å². The van der Waals surface area contributed by atoms with Gasteiger partial charge in [-0.15, -0.1) is 0 Å². The molecule has 2 rings (SSSR count). The lowest BCUT2D eigenvalue weighted by Crippen LogP contribution is -2.30. The standard InChI is InChI=1S/C19H32N2/c1-5-21(6-2)14-17-8-7-9-18(13-17)20-19-11-10-15(3)16(4)12-19/h7-9,13,15-16,19-20H,5-6,10-12,14H2,1-4H3. The quantitative estimate of drug-likeness (QED) is 0.811. The first-order valence-corrected chi connectivity index (χ1v) is 8.70. The Hall–Kier alpha value is -1.02. The summed E-state index contributed by atoms with van der Waals surface area (Å²) < 4.78 is 0. The Balaban J connectivity index is 1.94. The Morgan fingerprint density at radius 2 is 1.86 bits per heavy atom. The number of nitrogens with zero attached hydrogens (tertiary/aromatic N) is 1. The van der Waals surface area contributed by atoms with E-state index in [0.717, 1.165) is 31.5 Å². The molecule has 1 aromatic rings. The lowest BCUT2D eigenvalue weighted by Gasteiger charge is -2.33. The third-order valence-electron chi connectivity index (χ3n) is 5.20. The highest BCUT2D eigenvalue weighted by Crippen LogP contribution is 2.31. The highest BCUT2D eigenvalue weighted by atomic mass is 15.1. The van der Waals surface area contributed by atoms with Gasteiger partial charge in [0.05, 0.1) is 0 Å². The van der Waals surface area contributed by atoms with Crippen molar-refractivity contribution in [3.63, 3.8) is 0 Å². The van der Waals surface area contributed by atoms with Gasteiger partial charge in [-0.1, -0.05) is 39.8 Å². The van der Waals surface area contributed by atoms with Gasteiger partial charge in [0.2, 0.25) is 0 Å².